The molecule has 1 aliphatic rings. The van der Waals surface area contributed by atoms with Gasteiger partial charge in [-0.1, -0.05) is 26.0 Å². The van der Waals surface area contributed by atoms with Crippen molar-refractivity contribution in [2.75, 3.05) is 31.1 Å². The molecule has 0 radical (unpaired) electrons. The highest BCUT2D eigenvalue weighted by atomic mass is 19.1. The van der Waals surface area contributed by atoms with Crippen LogP contribution in [-0.4, -0.2) is 51.3 Å². The van der Waals surface area contributed by atoms with Crippen molar-refractivity contribution in [3.05, 3.63) is 35.9 Å². The van der Waals surface area contributed by atoms with Gasteiger partial charge < -0.3 is 4.90 Å². The number of hydrogen-bond donors (Lipinski definition) is 0. The van der Waals surface area contributed by atoms with Gasteiger partial charge in [-0.05, 0) is 49.2 Å². The van der Waals surface area contributed by atoms with Crippen LogP contribution in [0.15, 0.2) is 24.3 Å². The number of piperazine rings is 1. The maximum Gasteiger partial charge on any atom is 0.169 e. The first kappa shape index (κ1) is 18.8. The first-order chi connectivity index (χ1) is 12.3. The van der Waals surface area contributed by atoms with E-state index >= 15 is 0 Å². The van der Waals surface area contributed by atoms with Crippen LogP contribution in [0.4, 0.5) is 10.1 Å². The molecule has 7 heteroatoms. The second-order valence-corrected chi connectivity index (χ2v) is 8.28. The van der Waals surface area contributed by atoms with E-state index in [1.54, 1.807) is 6.07 Å². The lowest BCUT2D eigenvalue weighted by molar-refractivity contribution is 0.128. The van der Waals surface area contributed by atoms with Crippen LogP contribution >= 0.6 is 0 Å². The molecule has 0 aliphatic carbocycles. The molecule has 0 unspecified atom stereocenters. The molecular weight excluding hydrogens is 331 g/mol. The zero-order valence-electron chi connectivity index (χ0n) is 16.4. The highest BCUT2D eigenvalue weighted by Gasteiger charge is 2.34. The SMILES string of the molecule is CC(C)[C@H](c1nnnn1C(C)(C)C)N1CCN(c2ccccc2F)CC1. The molecule has 1 aromatic carbocycles. The second-order valence-electron chi connectivity index (χ2n) is 8.28. The van der Waals surface area contributed by atoms with Crippen molar-refractivity contribution in [3.63, 3.8) is 0 Å². The van der Waals surface area contributed by atoms with Gasteiger partial charge in [-0.3, -0.25) is 4.90 Å². The topological polar surface area (TPSA) is 50.1 Å². The lowest BCUT2D eigenvalue weighted by atomic mass is 9.99. The predicted molar refractivity (Wildman–Crippen MR) is 101 cm³/mol. The molecule has 1 fully saturated rings. The zero-order valence-corrected chi connectivity index (χ0v) is 16.4. The first-order valence-electron chi connectivity index (χ1n) is 9.31. The molecule has 0 amide bonds. The molecule has 0 saturated carbocycles. The van der Waals surface area contributed by atoms with Gasteiger partial charge in [0.2, 0.25) is 0 Å². The Morgan fingerprint density at radius 2 is 1.69 bits per heavy atom. The molecule has 0 spiro atoms. The monoisotopic (exact) mass is 360 g/mol. The van der Waals surface area contributed by atoms with E-state index in [0.29, 0.717) is 11.6 Å². The number of rotatable bonds is 4. The third kappa shape index (κ3) is 3.72. The summed E-state index contributed by atoms with van der Waals surface area (Å²) in [4.78, 5) is 4.55. The third-order valence-electron chi connectivity index (χ3n) is 4.93. The molecule has 1 aromatic heterocycles. The largest absolute Gasteiger partial charge is 0.367 e. The average Bonchev–Trinajstić information content (AvgIpc) is 3.05. The summed E-state index contributed by atoms with van der Waals surface area (Å²) in [5, 5.41) is 12.5. The number of para-hydroxylation sites is 1. The van der Waals surface area contributed by atoms with Crippen molar-refractivity contribution in [2.45, 2.75) is 46.2 Å². The van der Waals surface area contributed by atoms with Gasteiger partial charge in [0, 0.05) is 26.2 Å². The van der Waals surface area contributed by atoms with E-state index in [9.17, 15) is 4.39 Å². The van der Waals surface area contributed by atoms with Gasteiger partial charge >= 0.3 is 0 Å². The van der Waals surface area contributed by atoms with E-state index in [0.717, 1.165) is 32.0 Å². The quantitative estimate of drug-likeness (QED) is 0.839. The van der Waals surface area contributed by atoms with Gasteiger partial charge in [0.15, 0.2) is 5.82 Å². The summed E-state index contributed by atoms with van der Waals surface area (Å²) >= 11 is 0. The summed E-state index contributed by atoms with van der Waals surface area (Å²) in [6, 6.07) is 7.14. The standard InChI is InChI=1S/C19H29FN6/c1-14(2)17(18-21-22-23-26(18)19(3,4)5)25-12-10-24(11-13-25)16-9-7-6-8-15(16)20/h6-9,14,17H,10-13H2,1-5H3/t17-/m1/s1. The molecule has 142 valence electrons. The van der Waals surface area contributed by atoms with Crippen LogP contribution in [0.5, 0.6) is 0 Å². The second kappa shape index (κ2) is 7.31. The lowest BCUT2D eigenvalue weighted by Gasteiger charge is -2.41. The molecule has 6 nitrogen and oxygen atoms in total. The number of aromatic nitrogens is 4. The lowest BCUT2D eigenvalue weighted by Crippen LogP contribution is -2.49. The molecular formula is C19H29FN6. The summed E-state index contributed by atoms with van der Waals surface area (Å²) in [6.45, 7) is 14.0. The first-order valence-corrected chi connectivity index (χ1v) is 9.31. The summed E-state index contributed by atoms with van der Waals surface area (Å²) in [6.07, 6.45) is 0. The average molecular weight is 360 g/mol. The Bertz CT molecular complexity index is 728. The molecule has 3 rings (SSSR count). The van der Waals surface area contributed by atoms with E-state index in [-0.39, 0.29) is 17.4 Å². The van der Waals surface area contributed by atoms with Gasteiger partial charge in [0.1, 0.15) is 5.82 Å². The molecule has 1 aliphatic heterocycles. The van der Waals surface area contributed by atoms with Crippen molar-refractivity contribution in [1.82, 2.24) is 25.1 Å². The smallest absolute Gasteiger partial charge is 0.169 e. The number of anilines is 1. The van der Waals surface area contributed by atoms with E-state index in [1.165, 1.54) is 6.07 Å². The minimum Gasteiger partial charge on any atom is -0.367 e. The van der Waals surface area contributed by atoms with Crippen LogP contribution < -0.4 is 4.90 Å². The summed E-state index contributed by atoms with van der Waals surface area (Å²) in [7, 11) is 0. The van der Waals surface area contributed by atoms with Gasteiger partial charge in [0.25, 0.3) is 0 Å². The van der Waals surface area contributed by atoms with E-state index in [2.05, 4.69) is 59.9 Å². The number of halogens is 1. The van der Waals surface area contributed by atoms with E-state index in [1.807, 2.05) is 16.8 Å². The summed E-state index contributed by atoms with van der Waals surface area (Å²) in [5.74, 6) is 1.13. The van der Waals surface area contributed by atoms with E-state index < -0.39 is 0 Å². The van der Waals surface area contributed by atoms with Crippen molar-refractivity contribution in [2.24, 2.45) is 5.92 Å². The fourth-order valence-corrected chi connectivity index (χ4v) is 3.69. The zero-order chi connectivity index (χ0) is 18.9. The van der Waals surface area contributed by atoms with E-state index in [4.69, 9.17) is 0 Å². The molecule has 0 N–H and O–H groups in total. The van der Waals surface area contributed by atoms with Gasteiger partial charge in [-0.2, -0.15) is 0 Å². The van der Waals surface area contributed by atoms with Gasteiger partial charge in [-0.25, -0.2) is 9.07 Å². The Kier molecular flexibility index (Phi) is 5.27. The fraction of sp³-hybridized carbons (Fsp3) is 0.632. The molecule has 1 atom stereocenters. The van der Waals surface area contributed by atoms with Crippen LogP contribution in [-0.2, 0) is 5.54 Å². The Hall–Kier alpha value is -2.02. The minimum atomic E-state index is -0.166. The maximum atomic E-state index is 14.1. The van der Waals surface area contributed by atoms with Gasteiger partial charge in [0.05, 0.1) is 17.3 Å². The number of benzene rings is 1. The maximum absolute atomic E-state index is 14.1. The Balaban J connectivity index is 1.78. The number of hydrogen-bond acceptors (Lipinski definition) is 5. The Labute approximate surface area is 155 Å². The summed E-state index contributed by atoms with van der Waals surface area (Å²) < 4.78 is 16.0. The molecule has 26 heavy (non-hydrogen) atoms. The van der Waals surface area contributed by atoms with Crippen LogP contribution in [0.2, 0.25) is 0 Å². The minimum absolute atomic E-state index is 0.145. The van der Waals surface area contributed by atoms with Crippen molar-refractivity contribution >= 4 is 5.69 Å². The number of tetrazole rings is 1. The summed E-state index contributed by atoms with van der Waals surface area (Å²) in [5.41, 5.74) is 0.522. The van der Waals surface area contributed by atoms with Crippen LogP contribution in [0, 0.1) is 11.7 Å². The van der Waals surface area contributed by atoms with Crippen LogP contribution in [0.25, 0.3) is 0 Å². The van der Waals surface area contributed by atoms with Crippen LogP contribution in [0.3, 0.4) is 0 Å². The van der Waals surface area contributed by atoms with Gasteiger partial charge in [-0.15, -0.1) is 5.10 Å². The van der Waals surface area contributed by atoms with Crippen LogP contribution in [0.1, 0.15) is 46.5 Å². The predicted octanol–water partition coefficient (Wildman–Crippen LogP) is 3.09. The molecule has 2 aromatic rings. The number of nitrogens with zero attached hydrogens (tertiary/aromatic N) is 6. The van der Waals surface area contributed by atoms with Crippen molar-refractivity contribution in [3.8, 4) is 0 Å². The Morgan fingerprint density at radius 3 is 2.27 bits per heavy atom. The fourth-order valence-electron chi connectivity index (χ4n) is 3.69. The normalized spacial score (nSPS) is 17.7. The molecule has 0 bridgehead atoms. The molecule has 2 heterocycles. The highest BCUT2D eigenvalue weighted by molar-refractivity contribution is 5.48. The van der Waals surface area contributed by atoms with Crippen molar-refractivity contribution in [1.29, 1.82) is 0 Å². The van der Waals surface area contributed by atoms with Crippen molar-refractivity contribution < 1.29 is 4.39 Å². The Morgan fingerprint density at radius 1 is 1.04 bits per heavy atom. The molecule has 1 saturated heterocycles. The third-order valence-corrected chi connectivity index (χ3v) is 4.93. The highest BCUT2D eigenvalue weighted by Crippen LogP contribution is 2.31.